The zero-order valence-electron chi connectivity index (χ0n) is 22.6. The van der Waals surface area contributed by atoms with Crippen molar-refractivity contribution in [2.75, 3.05) is 0 Å². The van der Waals surface area contributed by atoms with Crippen LogP contribution in [-0.2, 0) is 11.8 Å². The molecule has 2 aromatic heterocycles. The zero-order valence-corrected chi connectivity index (χ0v) is 21.6. The van der Waals surface area contributed by atoms with Crippen LogP contribution in [-0.4, -0.2) is 11.2 Å². The first-order valence-corrected chi connectivity index (χ1v) is 12.3. The van der Waals surface area contributed by atoms with Gasteiger partial charge in [0, 0.05) is 22.7 Å². The number of furan rings is 1. The number of hydrogen-bond donors (Lipinski definition) is 0. The van der Waals surface area contributed by atoms with E-state index in [9.17, 15) is 13.2 Å². The van der Waals surface area contributed by atoms with Gasteiger partial charge in [0.05, 0.1) is 6.79 Å². The average molecular weight is 503 g/mol. The van der Waals surface area contributed by atoms with Crippen LogP contribution < -0.4 is 0 Å². The Morgan fingerprint density at radius 1 is 0.838 bits per heavy atom. The molecule has 0 fully saturated rings. The standard InChI is InChI=1S/C32H30F3NO/c1-30(2,3)26-17-24(16-22-8-6-7-9-25(22)26)28-29-23(14-15-36-28)18-27(37-29)21-12-10-20(11-13-21)19-31(4,5)32(33,34)35/h6-18H,19H2,1-5H3/i18D. The Hall–Kier alpha value is -3.60. The fraction of sp³-hybridized carbons (Fsp3) is 0.281. The maximum Gasteiger partial charge on any atom is 0.394 e. The first kappa shape index (κ1) is 23.8. The number of benzene rings is 3. The predicted molar refractivity (Wildman–Crippen MR) is 145 cm³/mol. The molecule has 5 aromatic rings. The van der Waals surface area contributed by atoms with Gasteiger partial charge in [-0.3, -0.25) is 4.98 Å². The van der Waals surface area contributed by atoms with Crippen LogP contribution in [0, 0.1) is 5.41 Å². The molecular weight excluding hydrogens is 471 g/mol. The minimum atomic E-state index is -4.29. The molecule has 3 aromatic carbocycles. The summed E-state index contributed by atoms with van der Waals surface area (Å²) in [6, 6.07) is 21.3. The van der Waals surface area contributed by atoms with Gasteiger partial charge in [-0.25, -0.2) is 0 Å². The van der Waals surface area contributed by atoms with Crippen LogP contribution in [0.3, 0.4) is 0 Å². The van der Waals surface area contributed by atoms with Crippen molar-refractivity contribution in [2.45, 2.75) is 52.6 Å². The van der Waals surface area contributed by atoms with E-state index in [-0.39, 0.29) is 17.9 Å². The summed E-state index contributed by atoms with van der Waals surface area (Å²) in [6.45, 7) is 8.94. The Morgan fingerprint density at radius 3 is 2.22 bits per heavy atom. The van der Waals surface area contributed by atoms with Crippen molar-refractivity contribution in [3.05, 3.63) is 90.1 Å². The molecule has 5 heteroatoms. The summed E-state index contributed by atoms with van der Waals surface area (Å²) in [4.78, 5) is 4.65. The van der Waals surface area contributed by atoms with E-state index in [1.165, 1.54) is 24.8 Å². The second-order valence-corrected chi connectivity index (χ2v) is 11.3. The van der Waals surface area contributed by atoms with Gasteiger partial charge in [-0.2, -0.15) is 13.2 Å². The largest absolute Gasteiger partial charge is 0.454 e. The van der Waals surface area contributed by atoms with Crippen LogP contribution in [0.15, 0.2) is 83.4 Å². The van der Waals surface area contributed by atoms with E-state index in [2.05, 4.69) is 50.0 Å². The first-order chi connectivity index (χ1) is 17.8. The number of fused-ring (bicyclic) bond motifs is 2. The molecule has 0 atom stereocenters. The van der Waals surface area contributed by atoms with E-state index in [4.69, 9.17) is 5.79 Å². The van der Waals surface area contributed by atoms with Crippen LogP contribution in [0.2, 0.25) is 0 Å². The molecule has 190 valence electrons. The normalized spacial score (nSPS) is 13.4. The summed E-state index contributed by atoms with van der Waals surface area (Å²) in [6.07, 6.45) is -2.74. The zero-order chi connectivity index (χ0) is 27.5. The second kappa shape index (κ2) is 8.76. The molecule has 0 N–H and O–H groups in total. The Kier molecular flexibility index (Phi) is 5.63. The van der Waals surface area contributed by atoms with Gasteiger partial charge in [0.1, 0.15) is 11.5 Å². The molecule has 0 aliphatic rings. The Morgan fingerprint density at radius 2 is 1.54 bits per heavy atom. The van der Waals surface area contributed by atoms with Crippen molar-refractivity contribution >= 4 is 21.7 Å². The Labute approximate surface area is 216 Å². The number of pyridine rings is 1. The smallest absolute Gasteiger partial charge is 0.394 e. The third kappa shape index (κ3) is 4.75. The van der Waals surface area contributed by atoms with Gasteiger partial charge < -0.3 is 4.42 Å². The molecule has 0 radical (unpaired) electrons. The van der Waals surface area contributed by atoms with Crippen LogP contribution in [0.4, 0.5) is 13.2 Å². The number of nitrogens with zero attached hydrogens (tertiary/aromatic N) is 1. The topological polar surface area (TPSA) is 26.0 Å². The van der Waals surface area contributed by atoms with Crippen molar-refractivity contribution in [3.8, 4) is 22.6 Å². The minimum absolute atomic E-state index is 0.0964. The summed E-state index contributed by atoms with van der Waals surface area (Å²) in [7, 11) is 0. The maximum atomic E-state index is 13.3. The highest BCUT2D eigenvalue weighted by molar-refractivity contribution is 5.97. The van der Waals surface area contributed by atoms with Gasteiger partial charge >= 0.3 is 6.18 Å². The Balaban J connectivity index is 1.59. The van der Waals surface area contributed by atoms with Crippen molar-refractivity contribution in [1.29, 1.82) is 0 Å². The molecule has 0 unspecified atom stereocenters. The summed E-state index contributed by atoms with van der Waals surface area (Å²) in [5.74, 6) is 0.368. The average Bonchev–Trinajstić information content (AvgIpc) is 3.19. The minimum Gasteiger partial charge on any atom is -0.454 e. The molecule has 0 bridgehead atoms. The molecule has 0 spiro atoms. The molecule has 0 amide bonds. The highest BCUT2D eigenvalue weighted by atomic mass is 19.4. The van der Waals surface area contributed by atoms with Crippen molar-refractivity contribution in [2.24, 2.45) is 5.41 Å². The number of halogens is 3. The first-order valence-electron chi connectivity index (χ1n) is 12.8. The van der Waals surface area contributed by atoms with Crippen LogP contribution in [0.1, 0.15) is 47.1 Å². The summed E-state index contributed by atoms with van der Waals surface area (Å²) >= 11 is 0. The van der Waals surface area contributed by atoms with Gasteiger partial charge in [0.2, 0.25) is 0 Å². The molecule has 2 heterocycles. The molecule has 5 rings (SSSR count). The van der Waals surface area contributed by atoms with Gasteiger partial charge in [-0.05, 0) is 58.0 Å². The second-order valence-electron chi connectivity index (χ2n) is 11.3. The Bertz CT molecular complexity index is 1640. The third-order valence-corrected chi connectivity index (χ3v) is 6.93. The predicted octanol–water partition coefficient (Wildman–Crippen LogP) is 9.74. The van der Waals surface area contributed by atoms with E-state index in [1.807, 2.05) is 12.1 Å². The van der Waals surface area contributed by atoms with Gasteiger partial charge in [0.25, 0.3) is 0 Å². The fourth-order valence-electron chi connectivity index (χ4n) is 4.69. The summed E-state index contributed by atoms with van der Waals surface area (Å²) in [5, 5.41) is 2.92. The van der Waals surface area contributed by atoms with E-state index >= 15 is 0 Å². The maximum absolute atomic E-state index is 13.3. The lowest BCUT2D eigenvalue weighted by Crippen LogP contribution is -2.34. The van der Waals surface area contributed by atoms with Crippen LogP contribution >= 0.6 is 0 Å². The van der Waals surface area contributed by atoms with Gasteiger partial charge in [-0.15, -0.1) is 0 Å². The summed E-state index contributed by atoms with van der Waals surface area (Å²) in [5.41, 5.74) is 2.56. The SMILES string of the molecule is [2H]c1c(-c2ccc(CC(C)(C)C(F)(F)F)cc2)oc2c(-c3cc(C(C)(C)C)c4ccccc4c3)nccc12. The van der Waals surface area contributed by atoms with Crippen molar-refractivity contribution in [1.82, 2.24) is 4.98 Å². The number of rotatable bonds is 4. The summed E-state index contributed by atoms with van der Waals surface area (Å²) < 4.78 is 55.1. The number of alkyl halides is 3. The number of hydrogen-bond acceptors (Lipinski definition) is 2. The van der Waals surface area contributed by atoms with Gasteiger partial charge in [0.15, 0.2) is 5.58 Å². The molecular formula is C32H30F3NO. The quantitative estimate of drug-likeness (QED) is 0.244. The fourth-order valence-corrected chi connectivity index (χ4v) is 4.69. The lowest BCUT2D eigenvalue weighted by Gasteiger charge is -2.27. The monoisotopic (exact) mass is 502 g/mol. The number of aromatic nitrogens is 1. The van der Waals surface area contributed by atoms with Crippen molar-refractivity contribution < 1.29 is 19.0 Å². The molecule has 0 saturated heterocycles. The van der Waals surface area contributed by atoms with Crippen LogP contribution in [0.25, 0.3) is 44.3 Å². The highest BCUT2D eigenvalue weighted by Gasteiger charge is 2.46. The van der Waals surface area contributed by atoms with E-state index in [1.54, 1.807) is 36.5 Å². The molecule has 37 heavy (non-hydrogen) atoms. The van der Waals surface area contributed by atoms with E-state index < -0.39 is 11.6 Å². The third-order valence-electron chi connectivity index (χ3n) is 6.93. The molecule has 0 aliphatic carbocycles. The molecule has 2 nitrogen and oxygen atoms in total. The lowest BCUT2D eigenvalue weighted by atomic mass is 9.82. The van der Waals surface area contributed by atoms with Crippen molar-refractivity contribution in [3.63, 3.8) is 0 Å². The van der Waals surface area contributed by atoms with E-state index in [0.29, 0.717) is 33.6 Å². The highest BCUT2D eigenvalue weighted by Crippen LogP contribution is 2.41. The van der Waals surface area contributed by atoms with Gasteiger partial charge in [-0.1, -0.05) is 83.1 Å². The lowest BCUT2D eigenvalue weighted by molar-refractivity contribution is -0.211. The van der Waals surface area contributed by atoms with Crippen LogP contribution in [0.5, 0.6) is 0 Å². The molecule has 0 saturated carbocycles. The van der Waals surface area contributed by atoms with E-state index in [0.717, 1.165) is 10.9 Å². The molecule has 0 aliphatic heterocycles.